The molecule has 0 bridgehead atoms. The first-order valence-electron chi connectivity index (χ1n) is 6.12. The monoisotopic (exact) mass is 361 g/mol. The van der Waals surface area contributed by atoms with E-state index in [0.717, 1.165) is 29.1 Å². The van der Waals surface area contributed by atoms with Crippen LogP contribution in [-0.4, -0.2) is 15.0 Å². The van der Waals surface area contributed by atoms with Gasteiger partial charge in [0.25, 0.3) is 11.3 Å². The Labute approximate surface area is 138 Å². The van der Waals surface area contributed by atoms with Gasteiger partial charge in [-0.2, -0.15) is 11.8 Å². The topological polar surface area (TPSA) is 49.3 Å². The lowest BCUT2D eigenvalue weighted by atomic mass is 10.2. The zero-order valence-corrected chi connectivity index (χ0v) is 14.0. The number of thioether (sulfide) groups is 1. The van der Waals surface area contributed by atoms with Crippen molar-refractivity contribution in [3.63, 3.8) is 0 Å². The highest BCUT2D eigenvalue weighted by Gasteiger charge is 2.11. The molecule has 0 saturated heterocycles. The van der Waals surface area contributed by atoms with Crippen LogP contribution in [0.3, 0.4) is 0 Å². The standard InChI is InChI=1S/C14H13F2NO2S3/c1-20-8-9-2-4-12(17-22(18)19)14(6-9)21-13-5-3-10(15)7-11(13)16/h2-7,17H,8H2,1H3,(H,18,19). The summed E-state index contributed by atoms with van der Waals surface area (Å²) in [6.45, 7) is 0. The fourth-order valence-electron chi connectivity index (χ4n) is 1.76. The van der Waals surface area contributed by atoms with E-state index in [1.807, 2.05) is 18.4 Å². The SMILES string of the molecule is CSCc1ccc(NS(=O)O)c(Sc2ccc(F)cc2F)c1. The molecule has 0 saturated carbocycles. The Balaban J connectivity index is 2.36. The number of halogens is 2. The molecule has 3 nitrogen and oxygen atoms in total. The molecule has 0 amide bonds. The Morgan fingerprint density at radius 3 is 2.59 bits per heavy atom. The van der Waals surface area contributed by atoms with Gasteiger partial charge in [0.05, 0.1) is 5.69 Å². The van der Waals surface area contributed by atoms with Crippen LogP contribution in [-0.2, 0) is 17.0 Å². The van der Waals surface area contributed by atoms with Gasteiger partial charge in [0.15, 0.2) is 0 Å². The van der Waals surface area contributed by atoms with Gasteiger partial charge in [-0.25, -0.2) is 13.0 Å². The van der Waals surface area contributed by atoms with Crippen molar-refractivity contribution >= 4 is 40.5 Å². The van der Waals surface area contributed by atoms with E-state index in [1.165, 1.54) is 12.1 Å². The van der Waals surface area contributed by atoms with E-state index in [-0.39, 0.29) is 4.90 Å². The van der Waals surface area contributed by atoms with Crippen LogP contribution in [0.5, 0.6) is 0 Å². The molecule has 0 fully saturated rings. The predicted octanol–water partition coefficient (Wildman–Crippen LogP) is 4.53. The average Bonchev–Trinajstić information content (AvgIpc) is 2.44. The quantitative estimate of drug-likeness (QED) is 0.743. The maximum absolute atomic E-state index is 13.8. The zero-order valence-electron chi connectivity index (χ0n) is 11.5. The minimum Gasteiger partial charge on any atom is -0.289 e. The van der Waals surface area contributed by atoms with E-state index in [1.54, 1.807) is 17.8 Å². The van der Waals surface area contributed by atoms with Crippen LogP contribution >= 0.6 is 23.5 Å². The molecule has 1 atom stereocenters. The molecule has 1 unspecified atom stereocenters. The normalized spacial score (nSPS) is 12.2. The third kappa shape index (κ3) is 4.70. The highest BCUT2D eigenvalue weighted by Crippen LogP contribution is 2.36. The van der Waals surface area contributed by atoms with Crippen LogP contribution in [0.1, 0.15) is 5.56 Å². The molecule has 2 rings (SSSR count). The van der Waals surface area contributed by atoms with Crippen LogP contribution in [0.25, 0.3) is 0 Å². The minimum absolute atomic E-state index is 0.245. The van der Waals surface area contributed by atoms with Crippen molar-refractivity contribution < 1.29 is 17.5 Å². The Hall–Kier alpha value is -1.09. The van der Waals surface area contributed by atoms with Gasteiger partial charge in [-0.3, -0.25) is 9.27 Å². The van der Waals surface area contributed by atoms with Crippen LogP contribution in [0, 0.1) is 11.6 Å². The van der Waals surface area contributed by atoms with E-state index in [9.17, 15) is 13.0 Å². The largest absolute Gasteiger partial charge is 0.289 e. The summed E-state index contributed by atoms with van der Waals surface area (Å²) < 4.78 is 49.1. The molecule has 2 aromatic carbocycles. The van der Waals surface area contributed by atoms with Gasteiger partial charge in [0.2, 0.25) is 0 Å². The summed E-state index contributed by atoms with van der Waals surface area (Å²) >= 11 is 0.478. The second-order valence-corrected chi connectivity index (χ2v) is 6.94. The van der Waals surface area contributed by atoms with E-state index in [2.05, 4.69) is 4.72 Å². The fourth-order valence-corrected chi connectivity index (χ4v) is 3.67. The first-order valence-corrected chi connectivity index (χ1v) is 9.43. The molecular formula is C14H13F2NO2S3. The molecule has 0 aromatic heterocycles. The molecule has 22 heavy (non-hydrogen) atoms. The van der Waals surface area contributed by atoms with Gasteiger partial charge in [-0.05, 0) is 36.1 Å². The zero-order chi connectivity index (χ0) is 16.1. The second-order valence-electron chi connectivity index (χ2n) is 4.29. The van der Waals surface area contributed by atoms with Crippen molar-refractivity contribution in [3.05, 3.63) is 53.6 Å². The van der Waals surface area contributed by atoms with Gasteiger partial charge in [0, 0.05) is 21.6 Å². The van der Waals surface area contributed by atoms with Crippen molar-refractivity contribution in [1.82, 2.24) is 0 Å². The van der Waals surface area contributed by atoms with E-state index < -0.39 is 22.9 Å². The van der Waals surface area contributed by atoms with Crippen LogP contribution in [0.15, 0.2) is 46.2 Å². The summed E-state index contributed by atoms with van der Waals surface area (Å²) in [7, 11) is 0. The third-order valence-electron chi connectivity index (χ3n) is 2.67. The summed E-state index contributed by atoms with van der Waals surface area (Å²) in [4.78, 5) is 0.842. The van der Waals surface area contributed by atoms with Crippen molar-refractivity contribution in [1.29, 1.82) is 0 Å². The molecule has 0 aliphatic heterocycles. The number of hydrogen-bond donors (Lipinski definition) is 2. The summed E-state index contributed by atoms with van der Waals surface area (Å²) in [5, 5.41) is 0. The Kier molecular flexibility index (Phi) is 6.25. The van der Waals surface area contributed by atoms with E-state index in [4.69, 9.17) is 4.55 Å². The Bertz CT molecular complexity index is 698. The maximum Gasteiger partial charge on any atom is 0.259 e. The summed E-state index contributed by atoms with van der Waals surface area (Å²) in [6.07, 6.45) is 1.96. The first kappa shape index (κ1) is 17.3. The Morgan fingerprint density at radius 1 is 1.18 bits per heavy atom. The number of benzene rings is 2. The molecule has 0 aliphatic carbocycles. The molecule has 0 heterocycles. The highest BCUT2D eigenvalue weighted by molar-refractivity contribution is 7.99. The lowest BCUT2D eigenvalue weighted by Gasteiger charge is -2.11. The summed E-state index contributed by atoms with van der Waals surface area (Å²) in [5.74, 6) is -0.550. The second kappa shape index (κ2) is 7.96. The Morgan fingerprint density at radius 2 is 1.95 bits per heavy atom. The smallest absolute Gasteiger partial charge is 0.259 e. The van der Waals surface area contributed by atoms with Crippen molar-refractivity contribution in [3.8, 4) is 0 Å². The number of hydrogen-bond acceptors (Lipinski definition) is 3. The number of rotatable bonds is 6. The van der Waals surface area contributed by atoms with Gasteiger partial charge in [-0.15, -0.1) is 0 Å². The van der Waals surface area contributed by atoms with Crippen LogP contribution in [0.4, 0.5) is 14.5 Å². The van der Waals surface area contributed by atoms with E-state index in [0.29, 0.717) is 10.6 Å². The molecular weight excluding hydrogens is 348 g/mol. The maximum atomic E-state index is 13.8. The molecule has 0 spiro atoms. The van der Waals surface area contributed by atoms with Crippen molar-refractivity contribution in [2.75, 3.05) is 11.0 Å². The highest BCUT2D eigenvalue weighted by atomic mass is 32.2. The van der Waals surface area contributed by atoms with E-state index >= 15 is 0 Å². The first-order chi connectivity index (χ1) is 10.5. The van der Waals surface area contributed by atoms with Gasteiger partial charge < -0.3 is 0 Å². The number of nitrogens with one attached hydrogen (secondary N) is 1. The minimum atomic E-state index is -2.23. The molecule has 2 N–H and O–H groups in total. The summed E-state index contributed by atoms with van der Waals surface area (Å²) in [6, 6.07) is 8.65. The van der Waals surface area contributed by atoms with Crippen molar-refractivity contribution in [2.24, 2.45) is 0 Å². The molecule has 118 valence electrons. The predicted molar refractivity (Wildman–Crippen MR) is 88.5 cm³/mol. The van der Waals surface area contributed by atoms with Gasteiger partial charge in [-0.1, -0.05) is 17.8 Å². The lowest BCUT2D eigenvalue weighted by molar-refractivity contribution is 0.565. The van der Waals surface area contributed by atoms with Gasteiger partial charge >= 0.3 is 0 Å². The number of anilines is 1. The van der Waals surface area contributed by atoms with Crippen molar-refractivity contribution in [2.45, 2.75) is 15.5 Å². The molecule has 0 radical (unpaired) electrons. The lowest BCUT2D eigenvalue weighted by Crippen LogP contribution is -2.03. The molecule has 2 aromatic rings. The molecule has 8 heteroatoms. The molecule has 0 aliphatic rings. The van der Waals surface area contributed by atoms with Crippen LogP contribution in [0.2, 0.25) is 0 Å². The third-order valence-corrected chi connectivity index (χ3v) is 4.79. The van der Waals surface area contributed by atoms with Crippen LogP contribution < -0.4 is 4.72 Å². The fraction of sp³-hybridized carbons (Fsp3) is 0.143. The average molecular weight is 361 g/mol. The summed E-state index contributed by atoms with van der Waals surface area (Å²) in [5.41, 5.74) is 1.42. The van der Waals surface area contributed by atoms with Gasteiger partial charge in [0.1, 0.15) is 11.6 Å².